The van der Waals surface area contributed by atoms with Crippen molar-refractivity contribution in [2.45, 2.75) is 76.5 Å². The van der Waals surface area contributed by atoms with Gasteiger partial charge in [-0.1, -0.05) is 12.1 Å². The van der Waals surface area contributed by atoms with E-state index in [4.69, 9.17) is 4.74 Å². The first-order chi connectivity index (χ1) is 27.5. The Balaban J connectivity index is 1.44. The number of benzene rings is 1. The second kappa shape index (κ2) is 18.4. The van der Waals surface area contributed by atoms with Gasteiger partial charge in [0, 0.05) is 48.2 Å². The van der Waals surface area contributed by atoms with Gasteiger partial charge >= 0.3 is 41.8 Å². The van der Waals surface area contributed by atoms with Crippen LogP contribution in [0, 0.1) is 0 Å². The maximum absolute atomic E-state index is 13.8. The quantitative estimate of drug-likeness (QED) is 0.0193. The fraction of sp³-hybridized carbons (Fsp3) is 0.457. The van der Waals surface area contributed by atoms with E-state index in [2.05, 4.69) is 10.0 Å². The number of nitrogens with zero attached hydrogens (tertiary/aromatic N) is 6. The van der Waals surface area contributed by atoms with Crippen LogP contribution in [0.5, 0.6) is 0 Å². The third kappa shape index (κ3) is 10.4. The largest absolute Gasteiger partial charge is 0.755 e. The SMILES string of the molecule is O=COCCC(CCC(=O)O)(CCC(=O)O)NC(=O)C[n+]1ccn2c1C[N+]1(CCc3ccc(NS(=O)[O-])cc3)Cc3n(cc[n+]3CC(=O)N(CC(=O)O)CC(=O)O)C21. The first kappa shape index (κ1) is 42.9. The molecule has 5 rings (SSSR count). The van der Waals surface area contributed by atoms with Crippen molar-refractivity contribution in [2.24, 2.45) is 0 Å². The van der Waals surface area contributed by atoms with E-state index in [9.17, 15) is 62.7 Å². The molecule has 0 saturated carbocycles. The number of imidazole rings is 2. The molecule has 2 aromatic heterocycles. The zero-order chi connectivity index (χ0) is 42.2. The predicted octanol–water partition coefficient (Wildman–Crippen LogP) is -1.69. The smallest absolute Gasteiger partial charge is 0.380 e. The van der Waals surface area contributed by atoms with Crippen molar-refractivity contribution in [1.82, 2.24) is 19.4 Å². The Labute approximate surface area is 332 Å². The average molecular weight is 833 g/mol. The van der Waals surface area contributed by atoms with Gasteiger partial charge < -0.3 is 44.7 Å². The fourth-order valence-electron chi connectivity index (χ4n) is 7.76. The van der Waals surface area contributed by atoms with Crippen LogP contribution in [-0.2, 0) is 82.2 Å². The molecule has 6 N–H and O–H groups in total. The molecular formula is C35H44N8O14S+2. The second-order valence-electron chi connectivity index (χ2n) is 14.3. The van der Waals surface area contributed by atoms with Crippen molar-refractivity contribution < 1.29 is 81.1 Å². The highest BCUT2D eigenvalue weighted by atomic mass is 32.2. The van der Waals surface area contributed by atoms with E-state index >= 15 is 0 Å². The van der Waals surface area contributed by atoms with Crippen molar-refractivity contribution in [1.29, 1.82) is 0 Å². The summed E-state index contributed by atoms with van der Waals surface area (Å²) in [5.41, 5.74) is -0.0304. The lowest BCUT2D eigenvalue weighted by atomic mass is 9.85. The molecule has 0 radical (unpaired) electrons. The molecule has 3 aromatic rings. The highest BCUT2D eigenvalue weighted by Gasteiger charge is 2.63. The molecule has 0 fully saturated rings. The number of aliphatic carboxylic acids is 4. The summed E-state index contributed by atoms with van der Waals surface area (Å²) in [7, 11) is 0. The topological polar surface area (TPSA) is 295 Å². The Kier molecular flexibility index (Phi) is 13.6. The van der Waals surface area contributed by atoms with Gasteiger partial charge in [0.1, 0.15) is 37.9 Å². The van der Waals surface area contributed by atoms with Crippen molar-refractivity contribution in [2.75, 3.05) is 31.0 Å². The summed E-state index contributed by atoms with van der Waals surface area (Å²) < 4.78 is 37.0. The van der Waals surface area contributed by atoms with Crippen molar-refractivity contribution in [3.8, 4) is 0 Å². The molecule has 0 spiro atoms. The number of carbonyl (C=O) groups excluding carboxylic acids is 3. The molecule has 3 unspecified atom stereocenters. The third-order valence-electron chi connectivity index (χ3n) is 10.4. The van der Waals surface area contributed by atoms with Crippen LogP contribution < -0.4 is 19.2 Å². The van der Waals surface area contributed by atoms with E-state index in [1.807, 2.05) is 9.13 Å². The van der Waals surface area contributed by atoms with Gasteiger partial charge in [0.05, 0.1) is 13.2 Å². The van der Waals surface area contributed by atoms with Crippen LogP contribution in [0.25, 0.3) is 0 Å². The van der Waals surface area contributed by atoms with Crippen LogP contribution in [0.3, 0.4) is 0 Å². The molecule has 2 aliphatic heterocycles. The number of fused-ring (bicyclic) bond motifs is 5. The van der Waals surface area contributed by atoms with Crippen LogP contribution in [0.2, 0.25) is 0 Å². The number of carboxylic acids is 4. The van der Waals surface area contributed by atoms with Gasteiger partial charge in [0.25, 0.3) is 18.3 Å². The summed E-state index contributed by atoms with van der Waals surface area (Å²) in [6.45, 7) is -0.871. The van der Waals surface area contributed by atoms with Gasteiger partial charge in [-0.25, -0.2) is 13.6 Å². The van der Waals surface area contributed by atoms with Crippen LogP contribution in [0.15, 0.2) is 49.1 Å². The molecule has 312 valence electrons. The maximum Gasteiger partial charge on any atom is 0.380 e. The van der Waals surface area contributed by atoms with Crippen LogP contribution in [-0.4, -0.2) is 122 Å². The summed E-state index contributed by atoms with van der Waals surface area (Å²) in [4.78, 5) is 84.5. The van der Waals surface area contributed by atoms with Gasteiger partial charge in [-0.2, -0.15) is 0 Å². The lowest BCUT2D eigenvalue weighted by Crippen LogP contribution is -2.55. The Morgan fingerprint density at radius 2 is 1.43 bits per heavy atom. The lowest BCUT2D eigenvalue weighted by molar-refractivity contribution is -0.981. The van der Waals surface area contributed by atoms with E-state index < -0.39 is 71.9 Å². The Morgan fingerprint density at radius 1 is 0.879 bits per heavy atom. The van der Waals surface area contributed by atoms with Crippen LogP contribution in [0.1, 0.15) is 55.6 Å². The van der Waals surface area contributed by atoms with E-state index in [0.717, 1.165) is 16.3 Å². The summed E-state index contributed by atoms with van der Waals surface area (Å²) in [5.74, 6) is -4.84. The van der Waals surface area contributed by atoms with Crippen molar-refractivity contribution in [3.05, 3.63) is 66.3 Å². The number of aromatic nitrogens is 4. The molecule has 22 nitrogen and oxygen atoms in total. The molecule has 2 amide bonds. The monoisotopic (exact) mass is 832 g/mol. The molecule has 4 heterocycles. The number of rotatable bonds is 24. The minimum atomic E-state index is -2.50. The fourth-order valence-corrected chi connectivity index (χ4v) is 8.08. The molecule has 0 saturated heterocycles. The van der Waals surface area contributed by atoms with E-state index in [1.54, 1.807) is 58.2 Å². The number of nitrogens with one attached hydrogen (secondary N) is 2. The zero-order valence-electron chi connectivity index (χ0n) is 31.1. The minimum Gasteiger partial charge on any atom is -0.755 e. The van der Waals surface area contributed by atoms with E-state index in [0.29, 0.717) is 42.0 Å². The van der Waals surface area contributed by atoms with Gasteiger partial charge in [-0.15, -0.1) is 9.13 Å². The number of ether oxygens (including phenoxy) is 1. The van der Waals surface area contributed by atoms with Gasteiger partial charge in [0.2, 0.25) is 0 Å². The van der Waals surface area contributed by atoms with E-state index in [-0.39, 0.29) is 58.3 Å². The molecule has 0 aliphatic carbocycles. The molecule has 2 aliphatic rings. The Hall–Kier alpha value is -6.20. The van der Waals surface area contributed by atoms with E-state index in [1.165, 1.54) is 0 Å². The average Bonchev–Trinajstić information content (AvgIpc) is 3.87. The predicted molar refractivity (Wildman–Crippen MR) is 192 cm³/mol. The van der Waals surface area contributed by atoms with Gasteiger partial charge in [0.15, 0.2) is 26.2 Å². The number of quaternary nitrogens is 1. The number of hydrogen-bond acceptors (Lipinski definition) is 10. The summed E-state index contributed by atoms with van der Waals surface area (Å²) >= 11 is -2.50. The van der Waals surface area contributed by atoms with Crippen LogP contribution in [0.4, 0.5) is 5.69 Å². The van der Waals surface area contributed by atoms with Crippen LogP contribution >= 0.6 is 0 Å². The third-order valence-corrected chi connectivity index (χ3v) is 10.8. The molecular weight excluding hydrogens is 788 g/mol. The molecule has 0 bridgehead atoms. The van der Waals surface area contributed by atoms with Crippen molar-refractivity contribution >= 4 is 59.1 Å². The minimum absolute atomic E-state index is 0.0201. The molecule has 1 aromatic carbocycles. The zero-order valence-corrected chi connectivity index (χ0v) is 32.0. The number of amides is 2. The maximum atomic E-state index is 13.8. The lowest BCUT2D eigenvalue weighted by Gasteiger charge is -2.34. The highest BCUT2D eigenvalue weighted by molar-refractivity contribution is 7.80. The Morgan fingerprint density at radius 3 is 1.93 bits per heavy atom. The molecule has 23 heteroatoms. The standard InChI is InChI=1S/C35H42N8O14S/c44-23-57-16-10-35(8-5-30(47)48,9-6-31(49)50)36-26(45)17-38-11-13-41-27(38)21-43(15-7-24-1-3-25(4-2-24)37-58(55)56)22-28-39(12-14-42(28)34(41)43)18-29(46)40(19-32(51)52)20-33(53)54/h1-4,11-14,23,34,37H,5-10,15-22H2,(H3-3,36,45,47,48,49,50,51,52,53,54,55,56)/p+2. The van der Waals surface area contributed by atoms with Gasteiger partial charge in [-0.05, 0) is 30.5 Å². The highest BCUT2D eigenvalue weighted by Crippen LogP contribution is 2.42. The number of carbonyl (C=O) groups is 7. The first-order valence-corrected chi connectivity index (χ1v) is 19.1. The number of hydrogen-bond donors (Lipinski definition) is 6. The molecule has 58 heavy (non-hydrogen) atoms. The normalized spacial score (nSPS) is 17.0. The van der Waals surface area contributed by atoms with Gasteiger partial charge in [-0.3, -0.25) is 37.8 Å². The first-order valence-electron chi connectivity index (χ1n) is 18.0. The number of anilines is 1. The summed E-state index contributed by atoms with van der Waals surface area (Å²) in [6, 6.07) is 6.85. The molecule has 3 atom stereocenters. The summed E-state index contributed by atoms with van der Waals surface area (Å²) in [6.07, 6.45) is 6.02. The Bertz CT molecular complexity index is 2050. The second-order valence-corrected chi connectivity index (χ2v) is 14.9. The summed E-state index contributed by atoms with van der Waals surface area (Å²) in [5, 5.41) is 40.3. The number of carboxylic acid groups (broad SMARTS) is 4. The van der Waals surface area contributed by atoms with Crippen molar-refractivity contribution in [3.63, 3.8) is 0 Å².